The van der Waals surface area contributed by atoms with Crippen molar-refractivity contribution in [3.63, 3.8) is 0 Å². The van der Waals surface area contributed by atoms with E-state index in [1.54, 1.807) is 48.5 Å². The second-order valence-corrected chi connectivity index (χ2v) is 7.26. The van der Waals surface area contributed by atoms with Gasteiger partial charge >= 0.3 is 0 Å². The van der Waals surface area contributed by atoms with Gasteiger partial charge in [-0.1, -0.05) is 18.2 Å². The van der Waals surface area contributed by atoms with Gasteiger partial charge in [-0.05, 0) is 51.1 Å². The number of nitrogens with zero attached hydrogens (tertiary/aromatic N) is 3. The van der Waals surface area contributed by atoms with Crippen LogP contribution in [0.1, 0.15) is 62.2 Å². The second kappa shape index (κ2) is 7.59. The number of aryl methyl sites for hydroxylation is 2. The highest BCUT2D eigenvalue weighted by Crippen LogP contribution is 2.29. The van der Waals surface area contributed by atoms with Gasteiger partial charge in [0.25, 0.3) is 17.7 Å². The SMILES string of the molecule is CCn1cc(C(C)NC(=O)c2cccc(N3C(=O)c4ccccc4C3=O)c2)c(C)n1. The topological polar surface area (TPSA) is 84.3 Å². The van der Waals surface area contributed by atoms with E-state index < -0.39 is 0 Å². The van der Waals surface area contributed by atoms with Gasteiger partial charge in [0, 0.05) is 23.9 Å². The van der Waals surface area contributed by atoms with Gasteiger partial charge in [0.05, 0.1) is 28.6 Å². The molecule has 1 unspecified atom stereocenters. The summed E-state index contributed by atoms with van der Waals surface area (Å²) in [4.78, 5) is 39.4. The van der Waals surface area contributed by atoms with Crippen LogP contribution in [0.15, 0.2) is 54.7 Å². The summed E-state index contributed by atoms with van der Waals surface area (Å²) >= 11 is 0. The third-order valence-corrected chi connectivity index (χ3v) is 5.28. The van der Waals surface area contributed by atoms with Gasteiger partial charge in [-0.15, -0.1) is 0 Å². The molecule has 7 heteroatoms. The number of carbonyl (C=O) groups is 3. The van der Waals surface area contributed by atoms with E-state index in [0.29, 0.717) is 22.4 Å². The minimum Gasteiger partial charge on any atom is -0.345 e. The van der Waals surface area contributed by atoms with Crippen molar-refractivity contribution in [2.75, 3.05) is 4.90 Å². The van der Waals surface area contributed by atoms with Crippen LogP contribution >= 0.6 is 0 Å². The van der Waals surface area contributed by atoms with Crippen molar-refractivity contribution in [1.29, 1.82) is 0 Å². The standard InChI is InChI=1S/C23H22N4O3/c1-4-26-13-20(15(3)25-26)14(2)24-21(28)16-8-7-9-17(12-16)27-22(29)18-10-5-6-11-19(18)23(27)30/h5-14H,4H2,1-3H3,(H,24,28). The van der Waals surface area contributed by atoms with Crippen molar-refractivity contribution >= 4 is 23.4 Å². The highest BCUT2D eigenvalue weighted by molar-refractivity contribution is 6.34. The first-order valence-corrected chi connectivity index (χ1v) is 9.83. The fourth-order valence-electron chi connectivity index (χ4n) is 3.69. The van der Waals surface area contributed by atoms with Gasteiger partial charge in [0.15, 0.2) is 0 Å². The molecule has 1 N–H and O–H groups in total. The number of imide groups is 1. The lowest BCUT2D eigenvalue weighted by Crippen LogP contribution is -2.30. The molecule has 1 aliphatic rings. The zero-order valence-electron chi connectivity index (χ0n) is 17.0. The summed E-state index contributed by atoms with van der Waals surface area (Å²) in [5.74, 6) is -1.06. The molecule has 4 rings (SSSR count). The average Bonchev–Trinajstić information content (AvgIpc) is 3.25. The van der Waals surface area contributed by atoms with Crippen LogP contribution in [0.5, 0.6) is 0 Å². The normalized spacial score (nSPS) is 14.0. The van der Waals surface area contributed by atoms with Crippen molar-refractivity contribution in [3.05, 3.63) is 82.7 Å². The quantitative estimate of drug-likeness (QED) is 0.662. The largest absolute Gasteiger partial charge is 0.345 e. The van der Waals surface area contributed by atoms with E-state index in [-0.39, 0.29) is 23.8 Å². The number of fused-ring (bicyclic) bond motifs is 1. The Morgan fingerprint density at radius 3 is 2.33 bits per heavy atom. The van der Waals surface area contributed by atoms with Crippen LogP contribution in [0.25, 0.3) is 0 Å². The number of amides is 3. The Balaban J connectivity index is 1.56. The number of anilines is 1. The molecular formula is C23H22N4O3. The van der Waals surface area contributed by atoms with E-state index in [2.05, 4.69) is 10.4 Å². The zero-order chi connectivity index (χ0) is 21.4. The van der Waals surface area contributed by atoms with E-state index in [9.17, 15) is 14.4 Å². The van der Waals surface area contributed by atoms with E-state index in [4.69, 9.17) is 0 Å². The lowest BCUT2D eigenvalue weighted by atomic mass is 10.1. The molecule has 7 nitrogen and oxygen atoms in total. The number of benzene rings is 2. The molecule has 1 atom stereocenters. The molecule has 0 saturated heterocycles. The molecule has 2 aromatic carbocycles. The smallest absolute Gasteiger partial charge is 0.266 e. The molecule has 152 valence electrons. The minimum absolute atomic E-state index is 0.235. The monoisotopic (exact) mass is 402 g/mol. The van der Waals surface area contributed by atoms with Gasteiger partial charge in [-0.2, -0.15) is 5.10 Å². The summed E-state index contributed by atoms with van der Waals surface area (Å²) in [5, 5.41) is 7.38. The Labute approximate surface area is 174 Å². The van der Waals surface area contributed by atoms with Crippen molar-refractivity contribution in [2.45, 2.75) is 33.4 Å². The molecule has 0 bridgehead atoms. The van der Waals surface area contributed by atoms with Crippen LogP contribution in [0, 0.1) is 6.92 Å². The van der Waals surface area contributed by atoms with E-state index in [1.807, 2.05) is 31.6 Å². The Morgan fingerprint density at radius 2 is 1.73 bits per heavy atom. The Bertz CT molecular complexity index is 1130. The molecule has 0 radical (unpaired) electrons. The van der Waals surface area contributed by atoms with Gasteiger partial charge in [-0.3, -0.25) is 19.1 Å². The van der Waals surface area contributed by atoms with Gasteiger partial charge in [-0.25, -0.2) is 4.90 Å². The van der Waals surface area contributed by atoms with Crippen LogP contribution in [0.2, 0.25) is 0 Å². The Morgan fingerprint density at radius 1 is 1.07 bits per heavy atom. The van der Waals surface area contributed by atoms with Crippen LogP contribution in [-0.4, -0.2) is 27.5 Å². The number of carbonyl (C=O) groups excluding carboxylic acids is 3. The first-order valence-electron chi connectivity index (χ1n) is 9.83. The molecule has 2 heterocycles. The van der Waals surface area contributed by atoms with Crippen molar-refractivity contribution in [1.82, 2.24) is 15.1 Å². The summed E-state index contributed by atoms with van der Waals surface area (Å²) in [6, 6.07) is 13.0. The predicted molar refractivity (Wildman–Crippen MR) is 113 cm³/mol. The summed E-state index contributed by atoms with van der Waals surface area (Å²) in [5.41, 5.74) is 3.29. The molecular weight excluding hydrogens is 380 g/mol. The fraction of sp³-hybridized carbons (Fsp3) is 0.217. The third kappa shape index (κ3) is 3.28. The number of nitrogens with one attached hydrogen (secondary N) is 1. The maximum atomic E-state index is 12.8. The fourth-order valence-corrected chi connectivity index (χ4v) is 3.69. The molecule has 3 amide bonds. The van der Waals surface area contributed by atoms with E-state index >= 15 is 0 Å². The first kappa shape index (κ1) is 19.6. The Kier molecular flexibility index (Phi) is 4.95. The van der Waals surface area contributed by atoms with Crippen LogP contribution in [0.4, 0.5) is 5.69 Å². The molecule has 30 heavy (non-hydrogen) atoms. The molecule has 0 saturated carbocycles. The molecule has 0 spiro atoms. The number of hydrogen-bond acceptors (Lipinski definition) is 4. The summed E-state index contributed by atoms with van der Waals surface area (Å²) < 4.78 is 1.83. The average molecular weight is 402 g/mol. The lowest BCUT2D eigenvalue weighted by Gasteiger charge is -2.16. The molecule has 0 fully saturated rings. The number of hydrogen-bond donors (Lipinski definition) is 1. The van der Waals surface area contributed by atoms with Crippen LogP contribution in [0.3, 0.4) is 0 Å². The van der Waals surface area contributed by atoms with E-state index in [1.165, 1.54) is 0 Å². The maximum Gasteiger partial charge on any atom is 0.266 e. The molecule has 0 aliphatic carbocycles. The van der Waals surface area contributed by atoms with Gasteiger partial charge < -0.3 is 5.32 Å². The van der Waals surface area contributed by atoms with Crippen molar-refractivity contribution in [2.24, 2.45) is 0 Å². The van der Waals surface area contributed by atoms with Crippen molar-refractivity contribution in [3.8, 4) is 0 Å². The summed E-state index contributed by atoms with van der Waals surface area (Å²) in [6.45, 7) is 6.57. The highest BCUT2D eigenvalue weighted by Gasteiger charge is 2.36. The first-order chi connectivity index (χ1) is 14.4. The van der Waals surface area contributed by atoms with Crippen LogP contribution in [-0.2, 0) is 6.54 Å². The van der Waals surface area contributed by atoms with Gasteiger partial charge in [0.2, 0.25) is 0 Å². The van der Waals surface area contributed by atoms with Gasteiger partial charge in [0.1, 0.15) is 0 Å². The Hall–Kier alpha value is -3.74. The highest BCUT2D eigenvalue weighted by atomic mass is 16.2. The molecule has 1 aromatic heterocycles. The maximum absolute atomic E-state index is 12.8. The molecule has 3 aromatic rings. The molecule has 1 aliphatic heterocycles. The minimum atomic E-state index is -0.385. The summed E-state index contributed by atoms with van der Waals surface area (Å²) in [7, 11) is 0. The van der Waals surface area contributed by atoms with Crippen molar-refractivity contribution < 1.29 is 14.4 Å². The summed E-state index contributed by atoms with van der Waals surface area (Å²) in [6.07, 6.45) is 1.93. The van der Waals surface area contributed by atoms with Crippen LogP contribution < -0.4 is 10.2 Å². The predicted octanol–water partition coefficient (Wildman–Crippen LogP) is 3.50. The van der Waals surface area contributed by atoms with E-state index in [0.717, 1.165) is 22.7 Å². The number of aromatic nitrogens is 2. The third-order valence-electron chi connectivity index (χ3n) is 5.28. The second-order valence-electron chi connectivity index (χ2n) is 7.26. The zero-order valence-corrected chi connectivity index (χ0v) is 17.0. The lowest BCUT2D eigenvalue weighted by molar-refractivity contribution is 0.0916. The number of rotatable bonds is 5.